The fourth-order valence-electron chi connectivity index (χ4n) is 2.94. The van der Waals surface area contributed by atoms with Crippen LogP contribution < -0.4 is 10.9 Å². The van der Waals surface area contributed by atoms with Crippen molar-refractivity contribution in [2.24, 2.45) is 0 Å². The number of anilines is 1. The third-order valence-corrected chi connectivity index (χ3v) is 4.70. The largest absolute Gasteiger partial charge is 0.380 e. The standard InChI is InChI=1S/C19H17ClN4O/c1-11-12(2)24-10-16(4-6-18(24)22-11)21-9-14-7-13-8-15(20)3-5-17(13)23-19(14)25/h3-8,10,21H,9H2,1-2H3,(H,23,25). The predicted molar refractivity (Wildman–Crippen MR) is 102 cm³/mol. The minimum Gasteiger partial charge on any atom is -0.380 e. The monoisotopic (exact) mass is 352 g/mol. The molecule has 0 aliphatic heterocycles. The van der Waals surface area contributed by atoms with Crippen LogP contribution in [0.15, 0.2) is 47.4 Å². The summed E-state index contributed by atoms with van der Waals surface area (Å²) in [5, 5.41) is 4.87. The highest BCUT2D eigenvalue weighted by molar-refractivity contribution is 6.31. The molecule has 0 aliphatic rings. The van der Waals surface area contributed by atoms with Crippen molar-refractivity contribution in [3.8, 4) is 0 Å². The van der Waals surface area contributed by atoms with Crippen LogP contribution in [0, 0.1) is 13.8 Å². The van der Waals surface area contributed by atoms with E-state index in [1.807, 2.05) is 54.8 Å². The third kappa shape index (κ3) is 2.87. The Balaban J connectivity index is 1.64. The summed E-state index contributed by atoms with van der Waals surface area (Å²) in [5.74, 6) is 0. The van der Waals surface area contributed by atoms with Gasteiger partial charge in [0.05, 0.1) is 11.4 Å². The molecule has 0 saturated carbocycles. The van der Waals surface area contributed by atoms with Gasteiger partial charge in [0.2, 0.25) is 0 Å². The summed E-state index contributed by atoms with van der Waals surface area (Å²) in [6, 6.07) is 11.2. The van der Waals surface area contributed by atoms with Crippen LogP contribution >= 0.6 is 11.6 Å². The van der Waals surface area contributed by atoms with E-state index in [0.717, 1.165) is 33.6 Å². The molecular weight excluding hydrogens is 336 g/mol. The van der Waals surface area contributed by atoms with Crippen LogP contribution in [0.5, 0.6) is 0 Å². The van der Waals surface area contributed by atoms with Gasteiger partial charge in [-0.1, -0.05) is 11.6 Å². The van der Waals surface area contributed by atoms with E-state index < -0.39 is 0 Å². The van der Waals surface area contributed by atoms with Gasteiger partial charge in [0.15, 0.2) is 0 Å². The Morgan fingerprint density at radius 1 is 1.20 bits per heavy atom. The highest BCUT2D eigenvalue weighted by atomic mass is 35.5. The summed E-state index contributed by atoms with van der Waals surface area (Å²) in [7, 11) is 0. The number of benzene rings is 1. The number of hydrogen-bond donors (Lipinski definition) is 2. The lowest BCUT2D eigenvalue weighted by molar-refractivity contribution is 1.06. The molecule has 0 bridgehead atoms. The van der Waals surface area contributed by atoms with Gasteiger partial charge in [-0.3, -0.25) is 4.79 Å². The lowest BCUT2D eigenvalue weighted by atomic mass is 10.1. The van der Waals surface area contributed by atoms with E-state index in [1.165, 1.54) is 0 Å². The maximum absolute atomic E-state index is 12.3. The van der Waals surface area contributed by atoms with Crippen LogP contribution in [0.2, 0.25) is 5.02 Å². The maximum atomic E-state index is 12.3. The second-order valence-corrected chi connectivity index (χ2v) is 6.57. The van der Waals surface area contributed by atoms with Crippen LogP contribution in [-0.2, 0) is 6.54 Å². The van der Waals surface area contributed by atoms with Crippen LogP contribution in [0.25, 0.3) is 16.6 Å². The van der Waals surface area contributed by atoms with Crippen LogP contribution in [0.3, 0.4) is 0 Å². The summed E-state index contributed by atoms with van der Waals surface area (Å²) < 4.78 is 2.04. The van der Waals surface area contributed by atoms with E-state index in [1.54, 1.807) is 6.07 Å². The molecule has 5 nitrogen and oxygen atoms in total. The van der Waals surface area contributed by atoms with Crippen molar-refractivity contribution in [3.63, 3.8) is 0 Å². The molecule has 4 rings (SSSR count). The Morgan fingerprint density at radius 2 is 2.04 bits per heavy atom. The first-order valence-corrected chi connectivity index (χ1v) is 8.40. The van der Waals surface area contributed by atoms with Gasteiger partial charge in [-0.15, -0.1) is 0 Å². The van der Waals surface area contributed by atoms with Crippen LogP contribution in [0.4, 0.5) is 5.69 Å². The molecule has 0 spiro atoms. The minimum atomic E-state index is -0.0990. The van der Waals surface area contributed by atoms with E-state index in [0.29, 0.717) is 17.1 Å². The molecule has 0 unspecified atom stereocenters. The van der Waals surface area contributed by atoms with E-state index in [4.69, 9.17) is 11.6 Å². The second-order valence-electron chi connectivity index (χ2n) is 6.14. The van der Waals surface area contributed by atoms with Gasteiger partial charge in [0.1, 0.15) is 5.65 Å². The molecule has 1 aromatic carbocycles. The fraction of sp³-hybridized carbons (Fsp3) is 0.158. The first-order valence-electron chi connectivity index (χ1n) is 8.02. The van der Waals surface area contributed by atoms with Gasteiger partial charge in [0.25, 0.3) is 5.56 Å². The Bertz CT molecular complexity index is 1160. The highest BCUT2D eigenvalue weighted by Gasteiger charge is 2.07. The highest BCUT2D eigenvalue weighted by Crippen LogP contribution is 2.19. The summed E-state index contributed by atoms with van der Waals surface area (Å²) >= 11 is 6.04. The topological polar surface area (TPSA) is 62.2 Å². The molecule has 126 valence electrons. The molecule has 0 aliphatic carbocycles. The zero-order valence-corrected chi connectivity index (χ0v) is 14.7. The van der Waals surface area contributed by atoms with Crippen molar-refractivity contribution >= 4 is 33.8 Å². The Morgan fingerprint density at radius 3 is 2.88 bits per heavy atom. The zero-order valence-electron chi connectivity index (χ0n) is 13.9. The van der Waals surface area contributed by atoms with Crippen molar-refractivity contribution in [2.75, 3.05) is 5.32 Å². The van der Waals surface area contributed by atoms with Crippen molar-refractivity contribution in [3.05, 3.63) is 74.9 Å². The molecule has 3 aromatic heterocycles. The number of nitrogens with zero attached hydrogens (tertiary/aromatic N) is 2. The summed E-state index contributed by atoms with van der Waals surface area (Å²) in [6.45, 7) is 4.46. The zero-order chi connectivity index (χ0) is 17.6. The lowest BCUT2D eigenvalue weighted by Gasteiger charge is -2.08. The minimum absolute atomic E-state index is 0.0990. The van der Waals surface area contributed by atoms with E-state index in [9.17, 15) is 4.79 Å². The molecule has 0 saturated heterocycles. The van der Waals surface area contributed by atoms with Crippen LogP contribution in [0.1, 0.15) is 17.0 Å². The summed E-state index contributed by atoms with van der Waals surface area (Å²) in [5.41, 5.74) is 5.31. The first-order chi connectivity index (χ1) is 12.0. The molecule has 25 heavy (non-hydrogen) atoms. The normalized spacial score (nSPS) is 11.3. The number of aromatic nitrogens is 3. The van der Waals surface area contributed by atoms with Crippen molar-refractivity contribution < 1.29 is 0 Å². The first kappa shape index (κ1) is 15.7. The van der Waals surface area contributed by atoms with E-state index in [2.05, 4.69) is 15.3 Å². The van der Waals surface area contributed by atoms with Gasteiger partial charge >= 0.3 is 0 Å². The molecule has 3 heterocycles. The number of pyridine rings is 2. The quantitative estimate of drug-likeness (QED) is 0.584. The molecule has 0 fully saturated rings. The number of aryl methyl sites for hydroxylation is 2. The number of aromatic amines is 1. The van der Waals surface area contributed by atoms with E-state index >= 15 is 0 Å². The summed E-state index contributed by atoms with van der Waals surface area (Å²) in [4.78, 5) is 19.7. The lowest BCUT2D eigenvalue weighted by Crippen LogP contribution is -2.15. The number of fused-ring (bicyclic) bond motifs is 2. The molecular formula is C19H17ClN4O. The fourth-order valence-corrected chi connectivity index (χ4v) is 3.12. The van der Waals surface area contributed by atoms with Gasteiger partial charge in [-0.25, -0.2) is 4.98 Å². The SMILES string of the molecule is Cc1nc2ccc(NCc3cc4cc(Cl)ccc4[nH]c3=O)cn2c1C. The number of hydrogen-bond acceptors (Lipinski definition) is 3. The average molecular weight is 353 g/mol. The molecule has 0 radical (unpaired) electrons. The molecule has 0 amide bonds. The predicted octanol–water partition coefficient (Wildman–Crippen LogP) is 4.06. The Labute approximate surface area is 149 Å². The third-order valence-electron chi connectivity index (χ3n) is 4.46. The van der Waals surface area contributed by atoms with Gasteiger partial charge < -0.3 is 14.7 Å². The van der Waals surface area contributed by atoms with Crippen LogP contribution in [-0.4, -0.2) is 14.4 Å². The smallest absolute Gasteiger partial charge is 0.253 e. The van der Waals surface area contributed by atoms with Gasteiger partial charge in [-0.2, -0.15) is 0 Å². The summed E-state index contributed by atoms with van der Waals surface area (Å²) in [6.07, 6.45) is 2.00. The molecule has 6 heteroatoms. The molecule has 2 N–H and O–H groups in total. The molecule has 0 atom stereocenters. The Hall–Kier alpha value is -2.79. The van der Waals surface area contributed by atoms with Gasteiger partial charge in [0, 0.05) is 39.9 Å². The number of nitrogens with one attached hydrogen (secondary N) is 2. The Kier molecular flexibility index (Phi) is 3.73. The maximum Gasteiger partial charge on any atom is 0.253 e. The van der Waals surface area contributed by atoms with Gasteiger partial charge in [-0.05, 0) is 50.2 Å². The molecule has 4 aromatic rings. The van der Waals surface area contributed by atoms with E-state index in [-0.39, 0.29) is 5.56 Å². The number of rotatable bonds is 3. The average Bonchev–Trinajstić information content (AvgIpc) is 2.87. The number of halogens is 1. The second kappa shape index (κ2) is 5.93. The van der Waals surface area contributed by atoms with Crippen molar-refractivity contribution in [2.45, 2.75) is 20.4 Å². The number of imidazole rings is 1. The van der Waals surface area contributed by atoms with Crippen molar-refractivity contribution in [1.29, 1.82) is 0 Å². The van der Waals surface area contributed by atoms with Crippen molar-refractivity contribution in [1.82, 2.24) is 14.4 Å². The number of H-pyrrole nitrogens is 1.